The Morgan fingerprint density at radius 3 is 2.78 bits per heavy atom. The lowest BCUT2D eigenvalue weighted by atomic mass is 9.93. The van der Waals surface area contributed by atoms with Crippen LogP contribution in [0.3, 0.4) is 0 Å². The molecule has 0 radical (unpaired) electrons. The first kappa shape index (κ1) is 14.7. The van der Waals surface area contributed by atoms with Crippen LogP contribution in [0.1, 0.15) is 45.4 Å². The molecule has 1 rings (SSSR count). The number of hydrogen-bond acceptors (Lipinski definition) is 2. The summed E-state index contributed by atoms with van der Waals surface area (Å²) >= 11 is 0. The van der Waals surface area contributed by atoms with Gasteiger partial charge in [-0.25, -0.2) is 0 Å². The average Bonchev–Trinajstić information content (AvgIpc) is 2.37. The fourth-order valence-corrected chi connectivity index (χ4v) is 2.13. The standard InChI is InChI=1S/C14H23NO3/c1-11(7-8-13(16)17)9-10-15-14(18)12-5-3-2-4-6-12/h2-3,11-12H,4-10H2,1H3,(H,15,18)(H,16,17). The van der Waals surface area contributed by atoms with Crippen molar-refractivity contribution < 1.29 is 14.7 Å². The monoisotopic (exact) mass is 253 g/mol. The largest absolute Gasteiger partial charge is 0.481 e. The quantitative estimate of drug-likeness (QED) is 0.684. The number of rotatable bonds is 7. The average molecular weight is 253 g/mol. The van der Waals surface area contributed by atoms with Gasteiger partial charge in [-0.15, -0.1) is 0 Å². The zero-order chi connectivity index (χ0) is 13.4. The minimum atomic E-state index is -0.750. The van der Waals surface area contributed by atoms with E-state index < -0.39 is 5.97 Å². The number of amides is 1. The molecular weight excluding hydrogens is 230 g/mol. The molecule has 0 saturated carbocycles. The molecule has 0 aliphatic heterocycles. The van der Waals surface area contributed by atoms with Gasteiger partial charge in [-0.2, -0.15) is 0 Å². The SMILES string of the molecule is CC(CCNC(=O)C1CC=CCC1)CCC(=O)O. The maximum Gasteiger partial charge on any atom is 0.303 e. The smallest absolute Gasteiger partial charge is 0.303 e. The van der Waals surface area contributed by atoms with Crippen molar-refractivity contribution in [3.63, 3.8) is 0 Å². The summed E-state index contributed by atoms with van der Waals surface area (Å²) < 4.78 is 0. The van der Waals surface area contributed by atoms with E-state index in [4.69, 9.17) is 5.11 Å². The number of carboxylic acids is 1. The molecule has 1 aliphatic rings. The van der Waals surface area contributed by atoms with Gasteiger partial charge in [0.1, 0.15) is 0 Å². The van der Waals surface area contributed by atoms with Gasteiger partial charge >= 0.3 is 5.97 Å². The first-order valence-electron chi connectivity index (χ1n) is 6.74. The Bertz CT molecular complexity index is 312. The molecule has 4 heteroatoms. The van der Waals surface area contributed by atoms with E-state index in [2.05, 4.69) is 17.5 Å². The van der Waals surface area contributed by atoms with Crippen LogP contribution in [-0.2, 0) is 9.59 Å². The molecule has 0 heterocycles. The molecule has 0 aromatic rings. The number of carbonyl (C=O) groups is 2. The Morgan fingerprint density at radius 1 is 1.39 bits per heavy atom. The van der Waals surface area contributed by atoms with E-state index in [1.807, 2.05) is 6.92 Å². The highest BCUT2D eigenvalue weighted by Crippen LogP contribution is 2.18. The fraction of sp³-hybridized carbons (Fsp3) is 0.714. The molecule has 2 atom stereocenters. The van der Waals surface area contributed by atoms with Gasteiger partial charge < -0.3 is 10.4 Å². The zero-order valence-corrected chi connectivity index (χ0v) is 11.0. The third-order valence-electron chi connectivity index (χ3n) is 3.43. The zero-order valence-electron chi connectivity index (χ0n) is 11.0. The molecule has 18 heavy (non-hydrogen) atoms. The van der Waals surface area contributed by atoms with Gasteiger partial charge in [-0.3, -0.25) is 9.59 Å². The summed E-state index contributed by atoms with van der Waals surface area (Å²) in [4.78, 5) is 22.2. The van der Waals surface area contributed by atoms with Crippen LogP contribution < -0.4 is 5.32 Å². The molecule has 0 saturated heterocycles. The Labute approximate surface area is 108 Å². The van der Waals surface area contributed by atoms with E-state index in [0.717, 1.165) is 25.7 Å². The molecule has 2 N–H and O–H groups in total. The molecular formula is C14H23NO3. The molecule has 4 nitrogen and oxygen atoms in total. The maximum atomic E-state index is 11.8. The van der Waals surface area contributed by atoms with Gasteiger partial charge in [0.05, 0.1) is 0 Å². The first-order valence-corrected chi connectivity index (χ1v) is 6.74. The van der Waals surface area contributed by atoms with Crippen LogP contribution in [0.4, 0.5) is 0 Å². The van der Waals surface area contributed by atoms with Crippen molar-refractivity contribution in [1.82, 2.24) is 5.32 Å². The second-order valence-corrected chi connectivity index (χ2v) is 5.10. The highest BCUT2D eigenvalue weighted by molar-refractivity contribution is 5.78. The fourth-order valence-electron chi connectivity index (χ4n) is 2.13. The highest BCUT2D eigenvalue weighted by Gasteiger charge is 2.18. The number of carbonyl (C=O) groups excluding carboxylic acids is 1. The van der Waals surface area contributed by atoms with E-state index >= 15 is 0 Å². The van der Waals surface area contributed by atoms with E-state index in [-0.39, 0.29) is 18.2 Å². The number of aliphatic carboxylic acids is 1. The lowest BCUT2D eigenvalue weighted by molar-refractivity contribution is -0.137. The van der Waals surface area contributed by atoms with Gasteiger partial charge in [0.15, 0.2) is 0 Å². The predicted octanol–water partition coefficient (Wildman–Crippen LogP) is 2.35. The minimum absolute atomic E-state index is 0.129. The molecule has 0 aromatic heterocycles. The highest BCUT2D eigenvalue weighted by atomic mass is 16.4. The Kier molecular flexibility index (Phi) is 6.47. The van der Waals surface area contributed by atoms with Crippen molar-refractivity contribution >= 4 is 11.9 Å². The molecule has 2 unspecified atom stereocenters. The summed E-state index contributed by atoms with van der Waals surface area (Å²) in [5.41, 5.74) is 0. The summed E-state index contributed by atoms with van der Waals surface area (Å²) in [5, 5.41) is 11.5. The van der Waals surface area contributed by atoms with Crippen molar-refractivity contribution in [3.8, 4) is 0 Å². The van der Waals surface area contributed by atoms with Crippen molar-refractivity contribution in [2.45, 2.75) is 45.4 Å². The van der Waals surface area contributed by atoms with E-state index in [0.29, 0.717) is 18.9 Å². The summed E-state index contributed by atoms with van der Waals surface area (Å²) in [6.45, 7) is 2.68. The molecule has 1 aliphatic carbocycles. The predicted molar refractivity (Wildman–Crippen MR) is 70.1 cm³/mol. The molecule has 0 aromatic carbocycles. The second-order valence-electron chi connectivity index (χ2n) is 5.10. The molecule has 0 bridgehead atoms. The van der Waals surface area contributed by atoms with Gasteiger partial charge in [0, 0.05) is 18.9 Å². The van der Waals surface area contributed by atoms with Crippen LogP contribution in [0, 0.1) is 11.8 Å². The minimum Gasteiger partial charge on any atom is -0.481 e. The normalized spacial score (nSPS) is 20.4. The Hall–Kier alpha value is -1.32. The number of hydrogen-bond donors (Lipinski definition) is 2. The van der Waals surface area contributed by atoms with Crippen LogP contribution >= 0.6 is 0 Å². The summed E-state index contributed by atoms with van der Waals surface area (Å²) in [6.07, 6.45) is 8.72. The van der Waals surface area contributed by atoms with Gasteiger partial charge in [0.2, 0.25) is 5.91 Å². The van der Waals surface area contributed by atoms with Crippen LogP contribution in [0.25, 0.3) is 0 Å². The summed E-state index contributed by atoms with van der Waals surface area (Å²) in [6, 6.07) is 0. The van der Waals surface area contributed by atoms with Crippen molar-refractivity contribution in [2.24, 2.45) is 11.8 Å². The summed E-state index contributed by atoms with van der Waals surface area (Å²) in [5.74, 6) is -0.137. The lowest BCUT2D eigenvalue weighted by Gasteiger charge is -2.18. The van der Waals surface area contributed by atoms with E-state index in [1.54, 1.807) is 0 Å². The number of allylic oxidation sites excluding steroid dienone is 2. The topological polar surface area (TPSA) is 66.4 Å². The molecule has 102 valence electrons. The second kappa shape index (κ2) is 7.90. The molecule has 0 spiro atoms. The Balaban J connectivity index is 2.11. The first-order chi connectivity index (χ1) is 8.59. The van der Waals surface area contributed by atoms with Crippen molar-refractivity contribution in [2.75, 3.05) is 6.54 Å². The lowest BCUT2D eigenvalue weighted by Crippen LogP contribution is -2.32. The van der Waals surface area contributed by atoms with Gasteiger partial charge in [-0.05, 0) is 38.0 Å². The third-order valence-corrected chi connectivity index (χ3v) is 3.43. The van der Waals surface area contributed by atoms with Crippen molar-refractivity contribution in [1.29, 1.82) is 0 Å². The van der Waals surface area contributed by atoms with Crippen LogP contribution in [-0.4, -0.2) is 23.5 Å². The molecule has 1 amide bonds. The van der Waals surface area contributed by atoms with Crippen molar-refractivity contribution in [3.05, 3.63) is 12.2 Å². The summed E-state index contributed by atoms with van der Waals surface area (Å²) in [7, 11) is 0. The Morgan fingerprint density at radius 2 is 2.17 bits per heavy atom. The maximum absolute atomic E-state index is 11.8. The third kappa shape index (κ3) is 5.84. The number of nitrogens with one attached hydrogen (secondary N) is 1. The van der Waals surface area contributed by atoms with Crippen LogP contribution in [0.2, 0.25) is 0 Å². The van der Waals surface area contributed by atoms with Gasteiger partial charge in [-0.1, -0.05) is 19.1 Å². The van der Waals surface area contributed by atoms with Gasteiger partial charge in [0.25, 0.3) is 0 Å². The van der Waals surface area contributed by atoms with Crippen LogP contribution in [0.15, 0.2) is 12.2 Å². The van der Waals surface area contributed by atoms with E-state index in [9.17, 15) is 9.59 Å². The van der Waals surface area contributed by atoms with Crippen LogP contribution in [0.5, 0.6) is 0 Å². The van der Waals surface area contributed by atoms with E-state index in [1.165, 1.54) is 0 Å². The molecule has 0 fully saturated rings. The number of carboxylic acid groups (broad SMARTS) is 1.